The van der Waals surface area contributed by atoms with Crippen LogP contribution < -0.4 is 25.2 Å². The summed E-state index contributed by atoms with van der Waals surface area (Å²) in [6.07, 6.45) is 0. The zero-order valence-electron chi connectivity index (χ0n) is 40.2. The van der Waals surface area contributed by atoms with E-state index in [4.69, 9.17) is 32.7 Å². The third-order valence-corrected chi connectivity index (χ3v) is 13.4. The number of ether oxygens (including phenoxy) is 2. The number of hydrogen-bond donors (Lipinski definition) is 4. The Hall–Kier alpha value is -6.41. The van der Waals surface area contributed by atoms with Crippen LogP contribution in [0.4, 0.5) is 34.1 Å². The number of phenolic OH excluding ortho intramolecular Hbond substituents is 1. The Bertz CT molecular complexity index is 3530. The standard InChI is InChI=1S/2C26H22ClN3O6S.Ba/c2*1-3-36-18-10-8-17(9-11-18)28-26(32)20-13-16-6-4-5-7-19(16)24(25(20)31)30-29-22-14-23(37(33,34)35)15(2)12-21(22)27;/h2*4-14,31H,3H2,1-2H3,(H,28,32)(H,33,34,35);/q;;+2/p-2. The molecule has 8 aromatic carbocycles. The molecule has 2 amide bonds. The quantitative estimate of drug-likeness (QED) is 0.0449. The summed E-state index contributed by atoms with van der Waals surface area (Å²) >= 11 is 12.4. The van der Waals surface area contributed by atoms with Gasteiger partial charge in [-0.05, 0) is 135 Å². The van der Waals surface area contributed by atoms with Gasteiger partial charge in [0.05, 0.1) is 44.3 Å². The molecule has 0 heterocycles. The summed E-state index contributed by atoms with van der Waals surface area (Å²) in [5.74, 6) is -1.05. The van der Waals surface area contributed by atoms with Crippen LogP contribution in [-0.2, 0) is 20.2 Å². The number of carbonyl (C=O) groups excluding carboxylic acids is 2. The molecular formula is C52H42BaCl2N6O12S2. The van der Waals surface area contributed by atoms with Gasteiger partial charge in [-0.2, -0.15) is 13.5 Å². The largest absolute Gasteiger partial charge is 2.00 e. The monoisotopic (exact) mass is 1210 g/mol. The van der Waals surface area contributed by atoms with Crippen molar-refractivity contribution in [2.45, 2.75) is 37.5 Å². The Morgan fingerprint density at radius 1 is 0.600 bits per heavy atom. The Balaban J connectivity index is 0.000000241. The fourth-order valence-electron chi connectivity index (χ4n) is 7.36. The minimum atomic E-state index is -4.79. The van der Waals surface area contributed by atoms with Crippen molar-refractivity contribution in [2.75, 3.05) is 23.8 Å². The molecule has 0 saturated heterocycles. The second-order valence-electron chi connectivity index (χ2n) is 16.0. The molecule has 0 saturated carbocycles. The molecule has 0 radical (unpaired) electrons. The molecule has 0 aliphatic carbocycles. The fraction of sp³-hybridized carbons (Fsp3) is 0.115. The second-order valence-corrected chi connectivity index (χ2v) is 19.5. The van der Waals surface area contributed by atoms with Crippen LogP contribution in [0.5, 0.6) is 23.0 Å². The molecule has 380 valence electrons. The number of phenols is 1. The number of azo groups is 2. The van der Waals surface area contributed by atoms with Gasteiger partial charge in [0, 0.05) is 27.7 Å². The zero-order chi connectivity index (χ0) is 53.5. The van der Waals surface area contributed by atoms with E-state index >= 15 is 0 Å². The fourth-order valence-corrected chi connectivity index (χ4v) is 9.31. The van der Waals surface area contributed by atoms with Crippen molar-refractivity contribution in [3.05, 3.63) is 166 Å². The van der Waals surface area contributed by atoms with E-state index in [0.29, 0.717) is 57.6 Å². The van der Waals surface area contributed by atoms with Gasteiger partial charge in [-0.15, -0.1) is 15.3 Å². The van der Waals surface area contributed by atoms with Crippen molar-refractivity contribution < 1.29 is 55.2 Å². The minimum Gasteiger partial charge on any atom is -0.870 e. The van der Waals surface area contributed by atoms with Gasteiger partial charge in [0.15, 0.2) is 5.75 Å². The van der Waals surface area contributed by atoms with Crippen molar-refractivity contribution in [1.82, 2.24) is 0 Å². The first-order chi connectivity index (χ1) is 35.2. The third-order valence-electron chi connectivity index (χ3n) is 10.9. The number of rotatable bonds is 14. The summed E-state index contributed by atoms with van der Waals surface area (Å²) in [6.45, 7) is 7.64. The maximum atomic E-state index is 13.3. The van der Waals surface area contributed by atoms with E-state index in [9.17, 15) is 45.7 Å². The number of fused-ring (bicyclic) bond motifs is 2. The number of aryl methyl sites for hydroxylation is 2. The number of nitrogens with one attached hydrogen (secondary N) is 2. The Morgan fingerprint density at radius 2 is 1.01 bits per heavy atom. The van der Waals surface area contributed by atoms with Gasteiger partial charge in [-0.3, -0.25) is 14.1 Å². The van der Waals surface area contributed by atoms with Crippen LogP contribution >= 0.6 is 23.2 Å². The van der Waals surface area contributed by atoms with E-state index in [1.807, 2.05) is 13.8 Å². The van der Waals surface area contributed by atoms with Gasteiger partial charge in [-0.1, -0.05) is 77.5 Å². The van der Waals surface area contributed by atoms with Gasteiger partial charge in [0.2, 0.25) is 0 Å². The van der Waals surface area contributed by atoms with Crippen LogP contribution in [0.2, 0.25) is 10.0 Å². The molecule has 23 heteroatoms. The molecule has 8 rings (SSSR count). The summed E-state index contributed by atoms with van der Waals surface area (Å²) < 4.78 is 78.4. The summed E-state index contributed by atoms with van der Waals surface area (Å²) in [5.41, 5.74) is 0.805. The smallest absolute Gasteiger partial charge is 0.870 e. The van der Waals surface area contributed by atoms with E-state index < -0.39 is 48.4 Å². The maximum absolute atomic E-state index is 13.3. The normalized spacial score (nSPS) is 11.5. The number of benzene rings is 8. The number of nitrogens with zero attached hydrogens (tertiary/aromatic N) is 4. The van der Waals surface area contributed by atoms with Gasteiger partial charge < -0.3 is 34.9 Å². The van der Waals surface area contributed by atoms with Gasteiger partial charge >= 0.3 is 48.9 Å². The molecule has 0 aliphatic heterocycles. The Kier molecular flexibility index (Phi) is 19.3. The molecular weight excluding hydrogens is 1170 g/mol. The van der Waals surface area contributed by atoms with Crippen LogP contribution in [-0.4, -0.2) is 105 Å². The van der Waals surface area contributed by atoms with E-state index in [2.05, 4.69) is 31.1 Å². The summed E-state index contributed by atoms with van der Waals surface area (Å²) in [6, 6.07) is 34.9. The third kappa shape index (κ3) is 14.1. The molecule has 18 nitrogen and oxygen atoms in total. The first-order valence-electron chi connectivity index (χ1n) is 22.1. The van der Waals surface area contributed by atoms with Crippen LogP contribution in [0.1, 0.15) is 45.7 Å². The number of carbonyl (C=O) groups is 2. The van der Waals surface area contributed by atoms with Crippen molar-refractivity contribution >= 4 is 160 Å². The van der Waals surface area contributed by atoms with Crippen molar-refractivity contribution in [3.63, 3.8) is 0 Å². The minimum absolute atomic E-state index is 0. The second kappa shape index (κ2) is 25.0. The molecule has 0 atom stereocenters. The first-order valence-corrected chi connectivity index (χ1v) is 25.7. The number of amides is 2. The van der Waals surface area contributed by atoms with E-state index in [-0.39, 0.29) is 109 Å². The van der Waals surface area contributed by atoms with Gasteiger partial charge in [0.1, 0.15) is 38.7 Å². The Morgan fingerprint density at radius 3 is 1.48 bits per heavy atom. The topological polar surface area (TPSA) is 281 Å². The molecule has 0 fully saturated rings. The average molecular weight is 1220 g/mol. The molecule has 0 bridgehead atoms. The molecule has 0 aromatic heterocycles. The summed E-state index contributed by atoms with van der Waals surface area (Å²) in [5, 5.41) is 48.1. The van der Waals surface area contributed by atoms with E-state index in [1.165, 1.54) is 38.1 Å². The molecule has 0 aliphatic rings. The average Bonchev–Trinajstić information content (AvgIpc) is 3.35. The summed E-state index contributed by atoms with van der Waals surface area (Å²) in [7, 11) is -9.31. The molecule has 75 heavy (non-hydrogen) atoms. The molecule has 4 N–H and O–H groups in total. The maximum Gasteiger partial charge on any atom is 2.00 e. The van der Waals surface area contributed by atoms with Crippen molar-refractivity contribution in [3.8, 4) is 23.0 Å². The van der Waals surface area contributed by atoms with E-state index in [1.54, 1.807) is 97.1 Å². The molecule has 8 aromatic rings. The number of halogens is 2. The summed E-state index contributed by atoms with van der Waals surface area (Å²) in [4.78, 5) is 25.2. The first kappa shape index (κ1) is 57.9. The number of hydrogen-bond acceptors (Lipinski definition) is 15. The predicted octanol–water partition coefficient (Wildman–Crippen LogP) is 12.3. The molecule has 0 unspecified atom stereocenters. The van der Waals surface area contributed by atoms with Crippen LogP contribution in [0, 0.1) is 13.8 Å². The zero-order valence-corrected chi connectivity index (χ0v) is 47.7. The van der Waals surface area contributed by atoms with Crippen molar-refractivity contribution in [2.24, 2.45) is 20.5 Å². The van der Waals surface area contributed by atoms with Crippen LogP contribution in [0.3, 0.4) is 0 Å². The molecule has 0 spiro atoms. The van der Waals surface area contributed by atoms with Gasteiger partial charge in [0.25, 0.3) is 21.9 Å². The van der Waals surface area contributed by atoms with E-state index in [0.717, 1.165) is 12.1 Å². The number of aromatic hydroxyl groups is 1. The predicted molar refractivity (Wildman–Crippen MR) is 284 cm³/mol. The van der Waals surface area contributed by atoms with Crippen LogP contribution in [0.25, 0.3) is 21.5 Å². The SMILES string of the molecule is CCOc1ccc(NC(=O)c2cc3ccccc3c(N=Nc3cc(S(=O)(=O)O)c(C)cc3Cl)c2O)cc1.CCOc1ccc(NC(=O)c2cc3ccccc3c(N=Nc3cc(S(=O)(=O)[O-])c(C)cc3Cl)c2[O-])cc1.[Ba+2]. The van der Waals surface area contributed by atoms with Crippen LogP contribution in [0.15, 0.2) is 164 Å². The number of anilines is 2. The van der Waals surface area contributed by atoms with Gasteiger partial charge in [-0.25, -0.2) is 8.42 Å². The van der Waals surface area contributed by atoms with Crippen molar-refractivity contribution in [1.29, 1.82) is 0 Å². The Labute approximate surface area is 481 Å².